The summed E-state index contributed by atoms with van der Waals surface area (Å²) in [6.45, 7) is 2.07. The van der Waals surface area contributed by atoms with E-state index in [1.54, 1.807) is 0 Å². The summed E-state index contributed by atoms with van der Waals surface area (Å²) in [6, 6.07) is 8.17. The predicted molar refractivity (Wildman–Crippen MR) is 62.2 cm³/mol. The largest absolute Gasteiger partial charge is 0.385 e. The molecule has 1 aromatic rings. The second kappa shape index (κ2) is 3.57. The third kappa shape index (κ3) is 1.57. The summed E-state index contributed by atoms with van der Waals surface area (Å²) in [6.07, 6.45) is 4.27. The summed E-state index contributed by atoms with van der Waals surface area (Å²) in [5.74, 6) is 0. The molecule has 2 bridgehead atoms. The average molecular weight is 218 g/mol. The van der Waals surface area contributed by atoms with Crippen LogP contribution < -0.4 is 0 Å². The van der Waals surface area contributed by atoms with E-state index >= 15 is 0 Å². The minimum atomic E-state index is -0.657. The first-order chi connectivity index (χ1) is 7.67. The molecule has 0 amide bonds. The first-order valence-electron chi connectivity index (χ1n) is 6.11. The van der Waals surface area contributed by atoms with E-state index in [4.69, 9.17) is 4.74 Å². The van der Waals surface area contributed by atoms with Crippen molar-refractivity contribution in [1.82, 2.24) is 0 Å². The maximum absolute atomic E-state index is 10.8. The molecule has 2 atom stereocenters. The van der Waals surface area contributed by atoms with Crippen LogP contribution in [-0.4, -0.2) is 17.3 Å². The zero-order valence-corrected chi connectivity index (χ0v) is 9.65. The van der Waals surface area contributed by atoms with Crippen LogP contribution in [0.25, 0.3) is 0 Å². The molecule has 0 aliphatic carbocycles. The number of benzene rings is 1. The number of fused-ring (bicyclic) bond motifs is 2. The second-order valence-corrected chi connectivity index (χ2v) is 5.21. The number of rotatable bonds is 1. The highest BCUT2D eigenvalue weighted by atomic mass is 16.5. The molecule has 16 heavy (non-hydrogen) atoms. The highest BCUT2D eigenvalue weighted by Crippen LogP contribution is 2.44. The van der Waals surface area contributed by atoms with Gasteiger partial charge in [-0.25, -0.2) is 0 Å². The monoisotopic (exact) mass is 218 g/mol. The molecule has 2 fully saturated rings. The fourth-order valence-corrected chi connectivity index (χ4v) is 3.23. The van der Waals surface area contributed by atoms with E-state index in [9.17, 15) is 5.11 Å². The van der Waals surface area contributed by atoms with Gasteiger partial charge in [0.25, 0.3) is 0 Å². The third-order valence-electron chi connectivity index (χ3n) is 3.97. The average Bonchev–Trinajstić information content (AvgIpc) is 2.59. The molecule has 2 nitrogen and oxygen atoms in total. The number of aryl methyl sites for hydroxylation is 1. The lowest BCUT2D eigenvalue weighted by molar-refractivity contribution is -0.115. The fourth-order valence-electron chi connectivity index (χ4n) is 3.23. The van der Waals surface area contributed by atoms with Crippen molar-refractivity contribution in [1.29, 1.82) is 0 Å². The van der Waals surface area contributed by atoms with Gasteiger partial charge in [-0.2, -0.15) is 0 Å². The van der Waals surface area contributed by atoms with Crippen molar-refractivity contribution in [3.05, 3.63) is 35.4 Å². The van der Waals surface area contributed by atoms with Crippen LogP contribution in [0.2, 0.25) is 0 Å². The lowest BCUT2D eigenvalue weighted by Crippen LogP contribution is -2.39. The molecule has 2 saturated heterocycles. The maximum Gasteiger partial charge on any atom is 0.0948 e. The lowest BCUT2D eigenvalue weighted by atomic mass is 9.81. The highest BCUT2D eigenvalue weighted by molar-refractivity contribution is 5.32. The van der Waals surface area contributed by atoms with Crippen molar-refractivity contribution in [2.45, 2.75) is 50.4 Å². The van der Waals surface area contributed by atoms with Gasteiger partial charge in [-0.05, 0) is 30.9 Å². The summed E-state index contributed by atoms with van der Waals surface area (Å²) >= 11 is 0. The van der Waals surface area contributed by atoms with Crippen molar-refractivity contribution in [2.75, 3.05) is 0 Å². The van der Waals surface area contributed by atoms with Crippen LogP contribution in [0.5, 0.6) is 0 Å². The Morgan fingerprint density at radius 2 is 1.81 bits per heavy atom. The van der Waals surface area contributed by atoms with Gasteiger partial charge in [0.1, 0.15) is 0 Å². The van der Waals surface area contributed by atoms with E-state index < -0.39 is 5.60 Å². The van der Waals surface area contributed by atoms with Gasteiger partial charge in [0.15, 0.2) is 0 Å². The quantitative estimate of drug-likeness (QED) is 0.785. The molecule has 2 heterocycles. The van der Waals surface area contributed by atoms with Crippen molar-refractivity contribution < 1.29 is 9.84 Å². The zero-order valence-electron chi connectivity index (χ0n) is 9.65. The van der Waals surface area contributed by atoms with Gasteiger partial charge < -0.3 is 9.84 Å². The van der Waals surface area contributed by atoms with Crippen LogP contribution in [0.3, 0.4) is 0 Å². The summed E-state index contributed by atoms with van der Waals surface area (Å²) in [5, 5.41) is 10.8. The molecule has 86 valence electrons. The van der Waals surface area contributed by atoms with E-state index in [0.717, 1.165) is 31.2 Å². The molecule has 0 spiro atoms. The lowest BCUT2D eigenvalue weighted by Gasteiger charge is -2.37. The SMILES string of the molecule is Cc1ccccc1C1(O)CC2CCC(C1)O2. The van der Waals surface area contributed by atoms with E-state index in [-0.39, 0.29) is 12.2 Å². The minimum absolute atomic E-state index is 0.267. The number of aliphatic hydroxyl groups is 1. The standard InChI is InChI=1S/C14H18O2/c1-10-4-2-3-5-13(10)14(15)8-11-6-7-12(9-14)16-11/h2-5,11-12,15H,6-9H2,1H3. The Balaban J connectivity index is 1.96. The maximum atomic E-state index is 10.8. The van der Waals surface area contributed by atoms with Gasteiger partial charge in [0.05, 0.1) is 17.8 Å². The van der Waals surface area contributed by atoms with E-state index in [1.165, 1.54) is 5.56 Å². The fraction of sp³-hybridized carbons (Fsp3) is 0.571. The van der Waals surface area contributed by atoms with Crippen LogP contribution in [0, 0.1) is 6.92 Å². The van der Waals surface area contributed by atoms with Crippen LogP contribution in [0.15, 0.2) is 24.3 Å². The Kier molecular flexibility index (Phi) is 2.30. The topological polar surface area (TPSA) is 29.5 Å². The molecular weight excluding hydrogens is 200 g/mol. The zero-order chi connectivity index (χ0) is 11.2. The Bertz CT molecular complexity index is 387. The summed E-state index contributed by atoms with van der Waals surface area (Å²) < 4.78 is 5.79. The Hall–Kier alpha value is -0.860. The van der Waals surface area contributed by atoms with Crippen molar-refractivity contribution >= 4 is 0 Å². The Labute approximate surface area is 96.2 Å². The summed E-state index contributed by atoms with van der Waals surface area (Å²) in [5.41, 5.74) is 1.62. The summed E-state index contributed by atoms with van der Waals surface area (Å²) in [7, 11) is 0. The first kappa shape index (κ1) is 10.3. The molecule has 0 radical (unpaired) electrons. The van der Waals surface area contributed by atoms with Crippen LogP contribution in [-0.2, 0) is 10.3 Å². The minimum Gasteiger partial charge on any atom is -0.385 e. The van der Waals surface area contributed by atoms with Gasteiger partial charge in [-0.1, -0.05) is 24.3 Å². The van der Waals surface area contributed by atoms with E-state index in [2.05, 4.69) is 19.1 Å². The molecule has 1 aromatic carbocycles. The Morgan fingerprint density at radius 3 is 2.44 bits per heavy atom. The van der Waals surface area contributed by atoms with Gasteiger partial charge >= 0.3 is 0 Å². The van der Waals surface area contributed by atoms with Gasteiger partial charge in [0, 0.05) is 12.8 Å². The second-order valence-electron chi connectivity index (χ2n) is 5.21. The molecule has 2 heteroatoms. The van der Waals surface area contributed by atoms with E-state index in [1.807, 2.05) is 12.1 Å². The van der Waals surface area contributed by atoms with Gasteiger partial charge in [0.2, 0.25) is 0 Å². The number of hydrogen-bond acceptors (Lipinski definition) is 2. The van der Waals surface area contributed by atoms with E-state index in [0.29, 0.717) is 0 Å². The number of ether oxygens (including phenoxy) is 1. The summed E-state index contributed by atoms with van der Waals surface area (Å²) in [4.78, 5) is 0. The molecule has 2 unspecified atom stereocenters. The van der Waals surface area contributed by atoms with Crippen molar-refractivity contribution in [3.63, 3.8) is 0 Å². The molecule has 2 aliphatic heterocycles. The normalized spacial score (nSPS) is 37.6. The smallest absolute Gasteiger partial charge is 0.0948 e. The molecular formula is C14H18O2. The predicted octanol–water partition coefficient (Wildman–Crippen LogP) is 2.52. The highest BCUT2D eigenvalue weighted by Gasteiger charge is 2.45. The van der Waals surface area contributed by atoms with Crippen LogP contribution >= 0.6 is 0 Å². The molecule has 1 N–H and O–H groups in total. The first-order valence-corrected chi connectivity index (χ1v) is 6.11. The molecule has 3 rings (SSSR count). The van der Waals surface area contributed by atoms with Crippen LogP contribution in [0.4, 0.5) is 0 Å². The van der Waals surface area contributed by atoms with Gasteiger partial charge in [-0.15, -0.1) is 0 Å². The Morgan fingerprint density at radius 1 is 1.19 bits per heavy atom. The van der Waals surface area contributed by atoms with Crippen LogP contribution in [0.1, 0.15) is 36.8 Å². The molecule has 0 aromatic heterocycles. The number of hydrogen-bond donors (Lipinski definition) is 1. The van der Waals surface area contributed by atoms with Crippen molar-refractivity contribution in [2.24, 2.45) is 0 Å². The van der Waals surface area contributed by atoms with Gasteiger partial charge in [-0.3, -0.25) is 0 Å². The van der Waals surface area contributed by atoms with Crippen molar-refractivity contribution in [3.8, 4) is 0 Å². The third-order valence-corrected chi connectivity index (χ3v) is 3.97. The molecule has 2 aliphatic rings. The molecule has 0 saturated carbocycles.